The summed E-state index contributed by atoms with van der Waals surface area (Å²) in [4.78, 5) is 8.52. The van der Waals surface area contributed by atoms with Gasteiger partial charge in [-0.05, 0) is 37.4 Å². The van der Waals surface area contributed by atoms with Crippen LogP contribution in [0.25, 0.3) is 10.2 Å². The van der Waals surface area contributed by atoms with Gasteiger partial charge in [0.25, 0.3) is 0 Å². The zero-order chi connectivity index (χ0) is 13.4. The van der Waals surface area contributed by atoms with Crippen LogP contribution in [0.2, 0.25) is 0 Å². The molecule has 2 aromatic heterocycles. The smallest absolute Gasteiger partial charge is 0.235 e. The number of rotatable bonds is 2. The zero-order valence-corrected chi connectivity index (χ0v) is 12.0. The van der Waals surface area contributed by atoms with Crippen LogP contribution in [0.5, 0.6) is 5.88 Å². The number of fused-ring (bicyclic) bond motifs is 1. The lowest BCUT2D eigenvalue weighted by Crippen LogP contribution is -2.41. The molecule has 1 spiro atoms. The Labute approximate surface area is 121 Å². The quantitative estimate of drug-likeness (QED) is 0.917. The summed E-state index contributed by atoms with van der Waals surface area (Å²) < 4.78 is 13.2. The topological polar surface area (TPSA) is 56.3 Å². The van der Waals surface area contributed by atoms with Crippen LogP contribution in [0.4, 0.5) is 0 Å². The monoisotopic (exact) mass is 291 g/mol. The Balaban J connectivity index is 1.51. The summed E-state index contributed by atoms with van der Waals surface area (Å²) >= 11 is 1.62. The van der Waals surface area contributed by atoms with Gasteiger partial charge < -0.3 is 14.8 Å². The summed E-state index contributed by atoms with van der Waals surface area (Å²) in [6, 6.07) is 1.99. The molecule has 1 unspecified atom stereocenters. The van der Waals surface area contributed by atoms with E-state index in [1.165, 1.54) is 0 Å². The lowest BCUT2D eigenvalue weighted by Gasteiger charge is -2.32. The Hall–Kier alpha value is -1.24. The van der Waals surface area contributed by atoms with E-state index in [0.29, 0.717) is 12.5 Å². The first-order valence-corrected chi connectivity index (χ1v) is 7.92. The lowest BCUT2D eigenvalue weighted by atomic mass is 9.89. The van der Waals surface area contributed by atoms with Gasteiger partial charge in [-0.2, -0.15) is 0 Å². The third kappa shape index (κ3) is 2.17. The van der Waals surface area contributed by atoms with Gasteiger partial charge in [0.15, 0.2) is 0 Å². The number of thiophene rings is 1. The summed E-state index contributed by atoms with van der Waals surface area (Å²) in [5, 5.41) is 5.40. The van der Waals surface area contributed by atoms with Crippen molar-refractivity contribution in [1.29, 1.82) is 0 Å². The van der Waals surface area contributed by atoms with Crippen molar-refractivity contribution in [3.05, 3.63) is 17.8 Å². The van der Waals surface area contributed by atoms with E-state index in [1.807, 2.05) is 11.4 Å². The number of piperidine rings is 1. The molecule has 0 saturated carbocycles. The van der Waals surface area contributed by atoms with Crippen LogP contribution in [-0.4, -0.2) is 41.4 Å². The first-order chi connectivity index (χ1) is 9.85. The molecule has 106 valence electrons. The van der Waals surface area contributed by atoms with Crippen LogP contribution in [0.15, 0.2) is 17.8 Å². The fraction of sp³-hybridized carbons (Fsp3) is 0.571. The fourth-order valence-electron chi connectivity index (χ4n) is 3.12. The van der Waals surface area contributed by atoms with Gasteiger partial charge in [0.05, 0.1) is 17.7 Å². The number of ether oxygens (including phenoxy) is 2. The van der Waals surface area contributed by atoms with Crippen molar-refractivity contribution in [1.82, 2.24) is 15.3 Å². The molecule has 0 bridgehead atoms. The Bertz CT molecular complexity index is 609. The lowest BCUT2D eigenvalue weighted by molar-refractivity contribution is -0.0205. The number of aromatic nitrogens is 2. The van der Waals surface area contributed by atoms with E-state index in [4.69, 9.17) is 9.47 Å². The second-order valence-corrected chi connectivity index (χ2v) is 6.42. The van der Waals surface area contributed by atoms with Crippen molar-refractivity contribution in [3.63, 3.8) is 0 Å². The Morgan fingerprint density at radius 2 is 2.25 bits per heavy atom. The van der Waals surface area contributed by atoms with E-state index < -0.39 is 0 Å². The molecule has 2 aromatic rings. The third-order valence-corrected chi connectivity index (χ3v) is 5.07. The van der Waals surface area contributed by atoms with Crippen molar-refractivity contribution >= 4 is 21.6 Å². The van der Waals surface area contributed by atoms with E-state index >= 15 is 0 Å². The predicted octanol–water partition coefficient (Wildman–Crippen LogP) is 1.98. The Kier molecular flexibility index (Phi) is 3.09. The molecule has 2 aliphatic rings. The van der Waals surface area contributed by atoms with Gasteiger partial charge in [0.2, 0.25) is 5.88 Å². The Morgan fingerprint density at radius 3 is 3.15 bits per heavy atom. The minimum atomic E-state index is 0.0253. The molecule has 0 aromatic carbocycles. The predicted molar refractivity (Wildman–Crippen MR) is 77.2 cm³/mol. The van der Waals surface area contributed by atoms with Crippen LogP contribution in [0.1, 0.15) is 19.3 Å². The van der Waals surface area contributed by atoms with E-state index in [9.17, 15) is 0 Å². The van der Waals surface area contributed by atoms with E-state index in [-0.39, 0.29) is 11.7 Å². The molecule has 0 aliphatic carbocycles. The summed E-state index contributed by atoms with van der Waals surface area (Å²) in [5.74, 6) is 0.699. The zero-order valence-electron chi connectivity index (χ0n) is 11.2. The van der Waals surface area contributed by atoms with E-state index in [1.54, 1.807) is 17.7 Å². The normalized spacial score (nSPS) is 25.3. The highest BCUT2D eigenvalue weighted by Gasteiger charge is 2.42. The first-order valence-electron chi connectivity index (χ1n) is 7.04. The third-order valence-electron chi connectivity index (χ3n) is 4.18. The van der Waals surface area contributed by atoms with Crippen molar-refractivity contribution in [2.24, 2.45) is 0 Å². The van der Waals surface area contributed by atoms with E-state index in [0.717, 1.165) is 42.6 Å². The molecule has 1 atom stereocenters. The van der Waals surface area contributed by atoms with Crippen LogP contribution >= 0.6 is 11.3 Å². The standard InChI is InChI=1S/C14H17N3O2S/c1-6-20-12-11(1)16-9-17-13(12)19-10-7-14(18-8-10)2-4-15-5-3-14/h1,6,9-10,15H,2-5,7-8H2. The number of hydrogen-bond donors (Lipinski definition) is 1. The van der Waals surface area contributed by atoms with Crippen molar-refractivity contribution in [2.75, 3.05) is 19.7 Å². The van der Waals surface area contributed by atoms with Crippen molar-refractivity contribution in [3.8, 4) is 5.88 Å². The highest BCUT2D eigenvalue weighted by Crippen LogP contribution is 2.36. The number of nitrogens with zero attached hydrogens (tertiary/aromatic N) is 2. The maximum atomic E-state index is 6.09. The first kappa shape index (κ1) is 12.5. The second kappa shape index (κ2) is 4.95. The van der Waals surface area contributed by atoms with Crippen LogP contribution in [0, 0.1) is 0 Å². The molecule has 20 heavy (non-hydrogen) atoms. The van der Waals surface area contributed by atoms with Gasteiger partial charge in [-0.3, -0.25) is 0 Å². The maximum absolute atomic E-state index is 6.09. The Morgan fingerprint density at radius 1 is 1.35 bits per heavy atom. The van der Waals surface area contributed by atoms with Gasteiger partial charge in [-0.1, -0.05) is 0 Å². The maximum Gasteiger partial charge on any atom is 0.235 e. The largest absolute Gasteiger partial charge is 0.471 e. The number of nitrogens with one attached hydrogen (secondary N) is 1. The molecule has 2 fully saturated rings. The molecule has 0 radical (unpaired) electrons. The summed E-state index contributed by atoms with van der Waals surface area (Å²) in [7, 11) is 0. The van der Waals surface area contributed by atoms with Crippen molar-refractivity contribution in [2.45, 2.75) is 31.0 Å². The van der Waals surface area contributed by atoms with Gasteiger partial charge >= 0.3 is 0 Å². The summed E-state index contributed by atoms with van der Waals surface area (Å²) in [6.07, 6.45) is 4.79. The second-order valence-electron chi connectivity index (χ2n) is 5.50. The van der Waals surface area contributed by atoms with Gasteiger partial charge in [0, 0.05) is 6.42 Å². The van der Waals surface area contributed by atoms with E-state index in [2.05, 4.69) is 15.3 Å². The van der Waals surface area contributed by atoms with Gasteiger partial charge in [0.1, 0.15) is 17.1 Å². The molecular weight excluding hydrogens is 274 g/mol. The highest BCUT2D eigenvalue weighted by molar-refractivity contribution is 7.17. The summed E-state index contributed by atoms with van der Waals surface area (Å²) in [5.41, 5.74) is 0.979. The molecule has 5 nitrogen and oxygen atoms in total. The van der Waals surface area contributed by atoms with Crippen LogP contribution in [0.3, 0.4) is 0 Å². The summed E-state index contributed by atoms with van der Waals surface area (Å²) in [6.45, 7) is 2.74. The fourth-order valence-corrected chi connectivity index (χ4v) is 3.89. The molecule has 4 heterocycles. The van der Waals surface area contributed by atoms with Gasteiger partial charge in [-0.25, -0.2) is 9.97 Å². The van der Waals surface area contributed by atoms with Crippen LogP contribution in [-0.2, 0) is 4.74 Å². The van der Waals surface area contributed by atoms with Crippen molar-refractivity contribution < 1.29 is 9.47 Å². The molecule has 6 heteroatoms. The average Bonchev–Trinajstić information content (AvgIpc) is 3.08. The minimum absolute atomic E-state index is 0.0253. The molecule has 1 N–H and O–H groups in total. The molecular formula is C14H17N3O2S. The van der Waals surface area contributed by atoms with Gasteiger partial charge in [-0.15, -0.1) is 11.3 Å². The number of hydrogen-bond acceptors (Lipinski definition) is 6. The van der Waals surface area contributed by atoms with Crippen LogP contribution < -0.4 is 10.1 Å². The SMILES string of the molecule is c1nc(OC2COC3(CCNCC3)C2)c2sccc2n1. The molecule has 2 saturated heterocycles. The minimum Gasteiger partial charge on any atom is -0.471 e. The molecule has 4 rings (SSSR count). The molecule has 0 amide bonds. The molecule has 2 aliphatic heterocycles. The highest BCUT2D eigenvalue weighted by atomic mass is 32.1. The average molecular weight is 291 g/mol.